The van der Waals surface area contributed by atoms with Crippen molar-refractivity contribution in [3.05, 3.63) is 29.3 Å². The minimum absolute atomic E-state index is 0.178. The van der Waals surface area contributed by atoms with E-state index in [1.807, 2.05) is 0 Å². The molecule has 5 nitrogen and oxygen atoms in total. The molecule has 0 spiro atoms. The van der Waals surface area contributed by atoms with Gasteiger partial charge in [0, 0.05) is 29.9 Å². The van der Waals surface area contributed by atoms with E-state index in [-0.39, 0.29) is 12.5 Å². The van der Waals surface area contributed by atoms with Crippen LogP contribution < -0.4 is 4.74 Å². The van der Waals surface area contributed by atoms with Gasteiger partial charge in [-0.25, -0.2) is 4.79 Å². The molecule has 1 fully saturated rings. The molecule has 6 heteroatoms. The molecule has 2 atom stereocenters. The van der Waals surface area contributed by atoms with Crippen LogP contribution >= 0.6 is 11.6 Å². The van der Waals surface area contributed by atoms with Crippen molar-refractivity contribution < 1.29 is 14.4 Å². The number of carbonyl (C=O) groups excluding carboxylic acids is 1. The highest BCUT2D eigenvalue weighted by atomic mass is 35.5. The van der Waals surface area contributed by atoms with Crippen LogP contribution in [0.25, 0.3) is 0 Å². The molecule has 0 aliphatic carbocycles. The van der Waals surface area contributed by atoms with Crippen molar-refractivity contribution in [1.82, 2.24) is 4.90 Å². The summed E-state index contributed by atoms with van der Waals surface area (Å²) in [7, 11) is 2.09. The molecule has 2 rings (SSSR count). The molecule has 0 aromatic heterocycles. The molecular weight excluding hydrogens is 304 g/mol. The minimum Gasteiger partial charge on any atom is -0.482 e. The maximum atomic E-state index is 11.7. The number of benzene rings is 1. The highest BCUT2D eigenvalue weighted by Crippen LogP contribution is 2.18. The summed E-state index contributed by atoms with van der Waals surface area (Å²) < 4.78 is 5.32. The minimum atomic E-state index is -0.513. The number of carbonyl (C=O) groups is 1. The molecule has 120 valence electrons. The molecule has 0 unspecified atom stereocenters. The fourth-order valence-electron chi connectivity index (χ4n) is 2.31. The molecular formula is C16H21ClN2O3. The first kappa shape index (κ1) is 16.8. The SMILES string of the molecule is C[C@@H]1CN(C)[C@@H](C)C/C1=N/OC(=O)COc1ccc(Cl)cc1. The molecule has 22 heavy (non-hydrogen) atoms. The summed E-state index contributed by atoms with van der Waals surface area (Å²) in [5.74, 6) is 0.336. The monoisotopic (exact) mass is 324 g/mol. The van der Waals surface area contributed by atoms with Gasteiger partial charge in [0.05, 0.1) is 5.71 Å². The molecule has 0 N–H and O–H groups in total. The van der Waals surface area contributed by atoms with Gasteiger partial charge in [0.2, 0.25) is 0 Å². The van der Waals surface area contributed by atoms with Crippen molar-refractivity contribution in [3.63, 3.8) is 0 Å². The Morgan fingerprint density at radius 1 is 1.36 bits per heavy atom. The fourth-order valence-corrected chi connectivity index (χ4v) is 2.44. The second kappa shape index (κ2) is 7.61. The average Bonchev–Trinajstić information content (AvgIpc) is 2.49. The average molecular weight is 325 g/mol. The first-order valence-electron chi connectivity index (χ1n) is 7.31. The zero-order chi connectivity index (χ0) is 16.1. The quantitative estimate of drug-likeness (QED) is 0.631. The molecule has 1 aromatic rings. The Morgan fingerprint density at radius 3 is 2.73 bits per heavy atom. The number of rotatable bonds is 4. The third kappa shape index (κ3) is 4.71. The summed E-state index contributed by atoms with van der Waals surface area (Å²) in [6, 6.07) is 7.19. The Labute approximate surface area is 135 Å². The van der Waals surface area contributed by atoms with E-state index in [0.717, 1.165) is 18.7 Å². The fraction of sp³-hybridized carbons (Fsp3) is 0.500. The van der Waals surface area contributed by atoms with Crippen LogP contribution in [0, 0.1) is 5.92 Å². The van der Waals surface area contributed by atoms with Crippen LogP contribution in [-0.4, -0.2) is 42.8 Å². The lowest BCUT2D eigenvalue weighted by atomic mass is 9.93. The van der Waals surface area contributed by atoms with Crippen molar-refractivity contribution in [2.75, 3.05) is 20.2 Å². The Kier molecular flexibility index (Phi) is 5.80. The van der Waals surface area contributed by atoms with E-state index in [0.29, 0.717) is 16.8 Å². The number of likely N-dealkylation sites (tertiary alicyclic amines) is 1. The Balaban J connectivity index is 1.81. The summed E-state index contributed by atoms with van der Waals surface area (Å²) in [5, 5.41) is 4.63. The Morgan fingerprint density at radius 2 is 2.05 bits per heavy atom. The number of hydrogen-bond donors (Lipinski definition) is 0. The molecule has 1 aromatic carbocycles. The Hall–Kier alpha value is -1.59. The molecule has 1 aliphatic heterocycles. The molecule has 0 bridgehead atoms. The molecule has 1 saturated heterocycles. The van der Waals surface area contributed by atoms with Gasteiger partial charge in [-0.3, -0.25) is 0 Å². The van der Waals surface area contributed by atoms with E-state index in [9.17, 15) is 4.79 Å². The van der Waals surface area contributed by atoms with E-state index < -0.39 is 5.97 Å². The van der Waals surface area contributed by atoms with Gasteiger partial charge in [0.1, 0.15) is 5.75 Å². The van der Waals surface area contributed by atoms with Crippen molar-refractivity contribution in [2.45, 2.75) is 26.3 Å². The van der Waals surface area contributed by atoms with Crippen molar-refractivity contribution >= 4 is 23.3 Å². The molecule has 0 amide bonds. The normalized spacial score (nSPS) is 24.3. The van der Waals surface area contributed by atoms with E-state index in [4.69, 9.17) is 21.2 Å². The van der Waals surface area contributed by atoms with Crippen LogP contribution in [0.15, 0.2) is 29.4 Å². The molecule has 1 aliphatic rings. The van der Waals surface area contributed by atoms with Crippen LogP contribution in [-0.2, 0) is 9.63 Å². The predicted molar refractivity (Wildman–Crippen MR) is 86.3 cm³/mol. The number of halogens is 1. The largest absolute Gasteiger partial charge is 0.482 e. The lowest BCUT2D eigenvalue weighted by molar-refractivity contribution is -0.146. The van der Waals surface area contributed by atoms with Gasteiger partial charge < -0.3 is 14.5 Å². The van der Waals surface area contributed by atoms with Gasteiger partial charge in [-0.15, -0.1) is 0 Å². The highest BCUT2D eigenvalue weighted by Gasteiger charge is 2.26. The van der Waals surface area contributed by atoms with Gasteiger partial charge in [-0.05, 0) is 38.2 Å². The Bertz CT molecular complexity index is 545. The second-order valence-electron chi connectivity index (χ2n) is 5.68. The number of ether oxygens (including phenoxy) is 1. The second-order valence-corrected chi connectivity index (χ2v) is 6.12. The van der Waals surface area contributed by atoms with Crippen LogP contribution in [0.3, 0.4) is 0 Å². The third-order valence-electron chi connectivity index (χ3n) is 3.82. The standard InChI is InChI=1S/C16H21ClN2O3/c1-11-9-19(3)12(2)8-15(11)18-22-16(20)10-21-14-6-4-13(17)5-7-14/h4-7,11-12H,8-10H2,1-3H3/b18-15-/t11-,12+/m1/s1. The maximum Gasteiger partial charge on any atom is 0.372 e. The van der Waals surface area contributed by atoms with Crippen LogP contribution in [0.1, 0.15) is 20.3 Å². The summed E-state index contributed by atoms with van der Waals surface area (Å²) in [5.41, 5.74) is 0.922. The van der Waals surface area contributed by atoms with E-state index >= 15 is 0 Å². The number of hydrogen-bond acceptors (Lipinski definition) is 5. The van der Waals surface area contributed by atoms with Crippen LogP contribution in [0.4, 0.5) is 0 Å². The van der Waals surface area contributed by atoms with Crippen molar-refractivity contribution in [2.24, 2.45) is 11.1 Å². The van der Waals surface area contributed by atoms with Crippen molar-refractivity contribution in [3.8, 4) is 5.75 Å². The third-order valence-corrected chi connectivity index (χ3v) is 4.07. The van der Waals surface area contributed by atoms with Crippen LogP contribution in [0.5, 0.6) is 5.75 Å². The van der Waals surface area contributed by atoms with Gasteiger partial charge in [-0.2, -0.15) is 0 Å². The number of piperidine rings is 1. The van der Waals surface area contributed by atoms with Gasteiger partial charge >= 0.3 is 5.97 Å². The summed E-state index contributed by atoms with van der Waals surface area (Å²) in [4.78, 5) is 18.9. The summed E-state index contributed by atoms with van der Waals surface area (Å²) >= 11 is 5.78. The zero-order valence-corrected chi connectivity index (χ0v) is 13.8. The smallest absolute Gasteiger partial charge is 0.372 e. The van der Waals surface area contributed by atoms with Gasteiger partial charge in [-0.1, -0.05) is 23.7 Å². The van der Waals surface area contributed by atoms with E-state index in [1.165, 1.54) is 0 Å². The lowest BCUT2D eigenvalue weighted by Gasteiger charge is -2.34. The first-order valence-corrected chi connectivity index (χ1v) is 7.68. The molecule has 0 saturated carbocycles. The summed E-state index contributed by atoms with van der Waals surface area (Å²) in [6.45, 7) is 4.95. The lowest BCUT2D eigenvalue weighted by Crippen LogP contribution is -2.43. The topological polar surface area (TPSA) is 51.1 Å². The van der Waals surface area contributed by atoms with Gasteiger partial charge in [0.25, 0.3) is 0 Å². The van der Waals surface area contributed by atoms with E-state index in [1.54, 1.807) is 24.3 Å². The van der Waals surface area contributed by atoms with Crippen LogP contribution in [0.2, 0.25) is 5.02 Å². The number of nitrogens with zero attached hydrogens (tertiary/aromatic N) is 2. The van der Waals surface area contributed by atoms with E-state index in [2.05, 4.69) is 31.0 Å². The summed E-state index contributed by atoms with van der Waals surface area (Å²) in [6.07, 6.45) is 0.809. The highest BCUT2D eigenvalue weighted by molar-refractivity contribution is 6.30. The maximum absolute atomic E-state index is 11.7. The zero-order valence-electron chi connectivity index (χ0n) is 13.1. The number of oxime groups is 1. The van der Waals surface area contributed by atoms with Gasteiger partial charge in [0.15, 0.2) is 6.61 Å². The molecule has 0 radical (unpaired) electrons. The van der Waals surface area contributed by atoms with Crippen molar-refractivity contribution in [1.29, 1.82) is 0 Å². The first-order chi connectivity index (χ1) is 10.5. The molecule has 1 heterocycles. The predicted octanol–water partition coefficient (Wildman–Crippen LogP) is 2.98.